The molecule has 0 aromatic heterocycles. The maximum atomic E-state index is 12.2. The fraction of sp³-hybridized carbons (Fsp3) is 1.00. The monoisotopic (exact) mass is 154 g/mol. The van der Waals surface area contributed by atoms with E-state index in [0.717, 1.165) is 0 Å². The smallest absolute Gasteiger partial charge is 0.138 e. The summed E-state index contributed by atoms with van der Waals surface area (Å²) in [6, 6.07) is 0. The van der Waals surface area contributed by atoms with Crippen LogP contribution in [0.25, 0.3) is 0 Å². The number of rotatable bonds is 0. The van der Waals surface area contributed by atoms with E-state index in [2.05, 4.69) is 0 Å². The third-order valence-electron chi connectivity index (χ3n) is 2.52. The van der Waals surface area contributed by atoms with Gasteiger partial charge in [0.15, 0.2) is 0 Å². The maximum Gasteiger partial charge on any atom is 0.138 e. The normalized spacial score (nSPS) is 66.0. The van der Waals surface area contributed by atoms with E-state index < -0.39 is 36.5 Å². The quantitative estimate of drug-likeness (QED) is 0.465. The van der Waals surface area contributed by atoms with Crippen molar-refractivity contribution in [3.05, 3.63) is 0 Å². The van der Waals surface area contributed by atoms with Gasteiger partial charge in [0.25, 0.3) is 0 Å². The van der Waals surface area contributed by atoms with E-state index in [9.17, 15) is 17.6 Å². The second kappa shape index (κ2) is 1.66. The summed E-state index contributed by atoms with van der Waals surface area (Å²) in [5.74, 6) is -1.96. The summed E-state index contributed by atoms with van der Waals surface area (Å²) in [6.07, 6.45) is -7.03. The fourth-order valence-corrected chi connectivity index (χ4v) is 1.76. The molecule has 4 heteroatoms. The molecular formula is C6H6F4. The van der Waals surface area contributed by atoms with E-state index in [1.54, 1.807) is 0 Å². The predicted molar refractivity (Wildman–Crippen MR) is 26.6 cm³/mol. The molecule has 2 aliphatic carbocycles. The van der Waals surface area contributed by atoms with E-state index in [-0.39, 0.29) is 0 Å². The molecule has 0 amide bonds. The van der Waals surface area contributed by atoms with Crippen LogP contribution in [0.1, 0.15) is 0 Å². The van der Waals surface area contributed by atoms with Gasteiger partial charge in [-0.3, -0.25) is 0 Å². The Labute approximate surface area is 55.2 Å². The molecule has 10 heavy (non-hydrogen) atoms. The zero-order chi connectivity index (χ0) is 7.46. The molecule has 4 atom stereocenters. The molecule has 58 valence electrons. The number of fused-ring (bicyclic) bond motifs is 1. The first-order chi connectivity index (χ1) is 4.64. The van der Waals surface area contributed by atoms with Crippen LogP contribution in [0.5, 0.6) is 0 Å². The lowest BCUT2D eigenvalue weighted by molar-refractivity contribution is -0.224. The van der Waals surface area contributed by atoms with Crippen molar-refractivity contribution in [1.82, 2.24) is 0 Å². The molecule has 2 rings (SSSR count). The van der Waals surface area contributed by atoms with Crippen molar-refractivity contribution < 1.29 is 17.6 Å². The van der Waals surface area contributed by atoms with Crippen LogP contribution in [0.3, 0.4) is 0 Å². The molecule has 0 saturated heterocycles. The number of halogens is 4. The Morgan fingerprint density at radius 2 is 0.700 bits per heavy atom. The van der Waals surface area contributed by atoms with Gasteiger partial charge < -0.3 is 0 Å². The Morgan fingerprint density at radius 1 is 0.500 bits per heavy atom. The zero-order valence-corrected chi connectivity index (χ0v) is 4.98. The molecule has 0 aliphatic heterocycles. The second-order valence-electron chi connectivity index (χ2n) is 2.93. The molecule has 0 radical (unpaired) electrons. The molecule has 2 saturated carbocycles. The largest absolute Gasteiger partial charge is 0.244 e. The molecule has 2 fully saturated rings. The molecule has 0 bridgehead atoms. The minimum Gasteiger partial charge on any atom is -0.244 e. The first-order valence-corrected chi connectivity index (χ1v) is 3.21. The van der Waals surface area contributed by atoms with Gasteiger partial charge in [-0.05, 0) is 0 Å². The first-order valence-electron chi connectivity index (χ1n) is 3.21. The average molecular weight is 154 g/mol. The van der Waals surface area contributed by atoms with Gasteiger partial charge in [-0.25, -0.2) is 17.6 Å². The van der Waals surface area contributed by atoms with Crippen LogP contribution in [0, 0.1) is 11.8 Å². The van der Waals surface area contributed by atoms with Crippen molar-refractivity contribution in [2.75, 3.05) is 0 Å². The Hall–Kier alpha value is -0.280. The summed E-state index contributed by atoms with van der Waals surface area (Å²) in [5.41, 5.74) is 0. The van der Waals surface area contributed by atoms with Gasteiger partial charge in [-0.15, -0.1) is 0 Å². The highest BCUT2D eigenvalue weighted by atomic mass is 19.2. The van der Waals surface area contributed by atoms with Crippen LogP contribution in [0.4, 0.5) is 17.6 Å². The minimum absolute atomic E-state index is 0.981. The van der Waals surface area contributed by atoms with Gasteiger partial charge in [0.2, 0.25) is 0 Å². The van der Waals surface area contributed by atoms with Gasteiger partial charge >= 0.3 is 0 Å². The molecule has 0 spiro atoms. The molecule has 2 aliphatic rings. The van der Waals surface area contributed by atoms with Crippen molar-refractivity contribution in [2.45, 2.75) is 24.7 Å². The van der Waals surface area contributed by atoms with E-state index >= 15 is 0 Å². The molecule has 0 aromatic rings. The van der Waals surface area contributed by atoms with E-state index in [1.165, 1.54) is 0 Å². The van der Waals surface area contributed by atoms with Crippen LogP contribution in [-0.2, 0) is 0 Å². The lowest BCUT2D eigenvalue weighted by Crippen LogP contribution is -2.70. The summed E-state index contributed by atoms with van der Waals surface area (Å²) in [7, 11) is 0. The second-order valence-corrected chi connectivity index (χ2v) is 2.93. The summed E-state index contributed by atoms with van der Waals surface area (Å²) in [5, 5.41) is 0. The van der Waals surface area contributed by atoms with Crippen molar-refractivity contribution in [1.29, 1.82) is 0 Å². The summed E-state index contributed by atoms with van der Waals surface area (Å²) in [4.78, 5) is 0. The van der Waals surface area contributed by atoms with E-state index in [1.807, 2.05) is 0 Å². The zero-order valence-electron chi connectivity index (χ0n) is 4.98. The third kappa shape index (κ3) is 0.454. The molecular weight excluding hydrogens is 148 g/mol. The van der Waals surface area contributed by atoms with Crippen molar-refractivity contribution in [3.8, 4) is 0 Å². The first kappa shape index (κ1) is 6.43. The van der Waals surface area contributed by atoms with Gasteiger partial charge in [0, 0.05) is 11.8 Å². The third-order valence-corrected chi connectivity index (χ3v) is 2.52. The highest BCUT2D eigenvalue weighted by Gasteiger charge is 2.69. The van der Waals surface area contributed by atoms with Crippen LogP contribution in [0.15, 0.2) is 0 Å². The summed E-state index contributed by atoms with van der Waals surface area (Å²) >= 11 is 0. The standard InChI is InChI=1S/C6H6F4/c7-3-1-2(5(3)9)6(10)4(1)8/h1-6H. The van der Waals surface area contributed by atoms with Crippen LogP contribution in [-0.4, -0.2) is 24.7 Å². The molecule has 0 heterocycles. The average Bonchev–Trinajstić information content (AvgIpc) is 1.95. The lowest BCUT2D eigenvalue weighted by Gasteiger charge is -2.55. The topological polar surface area (TPSA) is 0 Å². The highest BCUT2D eigenvalue weighted by Crippen LogP contribution is 2.56. The van der Waals surface area contributed by atoms with Crippen LogP contribution < -0.4 is 0 Å². The summed E-state index contributed by atoms with van der Waals surface area (Å²) in [6.45, 7) is 0. The maximum absolute atomic E-state index is 12.2. The van der Waals surface area contributed by atoms with Crippen molar-refractivity contribution in [3.63, 3.8) is 0 Å². The van der Waals surface area contributed by atoms with Crippen LogP contribution >= 0.6 is 0 Å². The fourth-order valence-electron chi connectivity index (χ4n) is 1.76. The van der Waals surface area contributed by atoms with Gasteiger partial charge in [-0.2, -0.15) is 0 Å². The van der Waals surface area contributed by atoms with Gasteiger partial charge in [0.1, 0.15) is 24.7 Å². The highest BCUT2D eigenvalue weighted by molar-refractivity contribution is 5.15. The van der Waals surface area contributed by atoms with E-state index in [0.29, 0.717) is 0 Å². The van der Waals surface area contributed by atoms with Crippen molar-refractivity contribution >= 4 is 0 Å². The van der Waals surface area contributed by atoms with Crippen LogP contribution in [0.2, 0.25) is 0 Å². The van der Waals surface area contributed by atoms with Gasteiger partial charge in [0.05, 0.1) is 0 Å². The Bertz CT molecular complexity index is 126. The number of hydrogen-bond acceptors (Lipinski definition) is 0. The number of alkyl halides is 4. The van der Waals surface area contributed by atoms with Gasteiger partial charge in [-0.1, -0.05) is 0 Å². The van der Waals surface area contributed by atoms with Crippen molar-refractivity contribution in [2.24, 2.45) is 11.8 Å². The molecule has 0 N–H and O–H groups in total. The number of hydrogen-bond donors (Lipinski definition) is 0. The minimum atomic E-state index is -1.76. The lowest BCUT2D eigenvalue weighted by atomic mass is 9.54. The molecule has 4 unspecified atom stereocenters. The Morgan fingerprint density at radius 3 is 0.900 bits per heavy atom. The predicted octanol–water partition coefficient (Wildman–Crippen LogP) is 1.60. The Balaban J connectivity index is 2.07. The Kier molecular flexibility index (Phi) is 1.06. The molecule has 0 aromatic carbocycles. The van der Waals surface area contributed by atoms with E-state index in [4.69, 9.17) is 0 Å². The molecule has 0 nitrogen and oxygen atoms in total. The SMILES string of the molecule is FC1C(F)C2C(F)C(F)C12. The summed E-state index contributed by atoms with van der Waals surface area (Å²) < 4.78 is 49.0.